The summed E-state index contributed by atoms with van der Waals surface area (Å²) in [6.07, 6.45) is -0.248. The monoisotopic (exact) mass is 810 g/mol. The normalized spacial score (nSPS) is 12.9. The van der Waals surface area contributed by atoms with Crippen LogP contribution in [0.25, 0.3) is 0 Å². The fourth-order valence-corrected chi connectivity index (χ4v) is 8.39. The first-order chi connectivity index (χ1) is 23.6. The van der Waals surface area contributed by atoms with E-state index in [4.69, 9.17) is 24.1 Å². The summed E-state index contributed by atoms with van der Waals surface area (Å²) in [4.78, 5) is 18.7. The predicted molar refractivity (Wildman–Crippen MR) is 202 cm³/mol. The summed E-state index contributed by atoms with van der Waals surface area (Å²) in [6.45, 7) is 21.3. The minimum atomic E-state index is -2.17. The molecular formula is C40H46Cl2F2N3O2Ru-. The van der Waals surface area contributed by atoms with Crippen molar-refractivity contribution in [3.63, 3.8) is 0 Å². The van der Waals surface area contributed by atoms with Crippen molar-refractivity contribution in [1.82, 2.24) is 0 Å². The Morgan fingerprint density at radius 3 is 1.76 bits per heavy atom. The van der Waals surface area contributed by atoms with Gasteiger partial charge in [-0.1, -0.05) is 35.4 Å². The summed E-state index contributed by atoms with van der Waals surface area (Å²) >= 11 is -2.17. The minimum Gasteiger partial charge on any atom is -0.502 e. The van der Waals surface area contributed by atoms with E-state index >= 15 is 0 Å². The number of ether oxygens (including phenoxy) is 1. The fraction of sp³-hybridized carbons (Fsp3) is 0.325. The third kappa shape index (κ3) is 10.8. The molecule has 1 fully saturated rings. The Balaban J connectivity index is 0.000000227. The number of benzene rings is 4. The number of hydrogen-bond acceptors (Lipinski definition) is 5. The average molecular weight is 811 g/mol. The van der Waals surface area contributed by atoms with Gasteiger partial charge in [0.15, 0.2) is 0 Å². The number of hydrogen-bond donors (Lipinski definition) is 0. The van der Waals surface area contributed by atoms with Gasteiger partial charge < -0.3 is 9.80 Å². The summed E-state index contributed by atoms with van der Waals surface area (Å²) < 4.78 is 33.8. The molecule has 0 aliphatic carbocycles. The number of halogens is 4. The second-order valence-corrected chi connectivity index (χ2v) is 18.7. The number of carbonyl (C=O) groups excluding carboxylic acids is 1. The van der Waals surface area contributed by atoms with Gasteiger partial charge >= 0.3 is 171 Å². The van der Waals surface area contributed by atoms with Crippen molar-refractivity contribution < 1.29 is 31.8 Å². The van der Waals surface area contributed by atoms with Gasteiger partial charge in [0.1, 0.15) is 0 Å². The van der Waals surface area contributed by atoms with Gasteiger partial charge in [-0.25, -0.2) is 0 Å². The molecule has 0 atom stereocenters. The molecule has 5 rings (SSSR count). The summed E-state index contributed by atoms with van der Waals surface area (Å²) in [7, 11) is 11.9. The van der Waals surface area contributed by atoms with Crippen LogP contribution in [0, 0.1) is 59.8 Å². The molecule has 4 aromatic carbocycles. The van der Waals surface area contributed by atoms with Gasteiger partial charge in [-0.05, 0) is 63.8 Å². The standard InChI is InChI=1S/C21H27N2.C19H19F2NO2.2ClH.Ru/c1-14-9-16(3)20(17(4)10-14)22-7-8-23(13-22)21-18(5)11-15(2)12-19(21)6;1-13(2)24-19(23)12-22(18-8-6-16(20)7-9-18)11-15-4-5-17(21)10-14(15)3;;;/h9-13H,7-8H2,1-6H3;3-10,13H,11-12H2,1-2H3;2*1H;/q-1;;;;+2/p-2. The van der Waals surface area contributed by atoms with E-state index in [-0.39, 0.29) is 25.0 Å². The zero-order valence-electron chi connectivity index (χ0n) is 29.9. The smallest absolute Gasteiger partial charge is 0.0146 e. The van der Waals surface area contributed by atoms with Crippen molar-refractivity contribution >= 4 is 47.0 Å². The molecule has 0 radical (unpaired) electrons. The Kier molecular flexibility index (Phi) is 14.0. The molecule has 0 spiro atoms. The van der Waals surface area contributed by atoms with E-state index in [1.807, 2.05) is 0 Å². The maximum absolute atomic E-state index is 13.6. The Morgan fingerprint density at radius 2 is 1.30 bits per heavy atom. The first-order valence-electron chi connectivity index (χ1n) is 16.5. The number of esters is 1. The molecule has 5 nitrogen and oxygen atoms in total. The first kappa shape index (κ1) is 39.5. The van der Waals surface area contributed by atoms with Crippen molar-refractivity contribution in [1.29, 1.82) is 0 Å². The van der Waals surface area contributed by atoms with Crippen LogP contribution in [0.3, 0.4) is 0 Å². The summed E-state index contributed by atoms with van der Waals surface area (Å²) in [5.74, 6) is -1.19. The minimum absolute atomic E-state index is 0.0381. The zero-order chi connectivity index (χ0) is 36.7. The second-order valence-electron chi connectivity index (χ2n) is 13.0. The molecule has 270 valence electrons. The van der Waals surface area contributed by atoms with Crippen LogP contribution in [0.5, 0.6) is 0 Å². The van der Waals surface area contributed by atoms with E-state index in [0.717, 1.165) is 18.7 Å². The maximum Gasteiger partial charge on any atom is 0.0146 e. The third-order valence-corrected chi connectivity index (χ3v) is 10.1. The van der Waals surface area contributed by atoms with Crippen LogP contribution in [-0.4, -0.2) is 36.3 Å². The fourth-order valence-electron chi connectivity index (χ4n) is 6.53. The van der Waals surface area contributed by atoms with E-state index in [1.165, 1.54) is 69.0 Å². The molecule has 4 aromatic rings. The van der Waals surface area contributed by atoms with Crippen LogP contribution in [0.2, 0.25) is 0 Å². The Morgan fingerprint density at radius 1 is 0.820 bits per heavy atom. The van der Waals surface area contributed by atoms with Gasteiger partial charge in [0.05, 0.1) is 0 Å². The quantitative estimate of drug-likeness (QED) is 0.0957. The zero-order valence-corrected chi connectivity index (χ0v) is 33.2. The van der Waals surface area contributed by atoms with Gasteiger partial charge in [-0.2, -0.15) is 6.67 Å². The van der Waals surface area contributed by atoms with Gasteiger partial charge in [0.2, 0.25) is 0 Å². The van der Waals surface area contributed by atoms with Crippen molar-refractivity contribution in [3.8, 4) is 0 Å². The molecular weight excluding hydrogens is 764 g/mol. The summed E-state index contributed by atoms with van der Waals surface area (Å²) in [5.41, 5.74) is 12.8. The summed E-state index contributed by atoms with van der Waals surface area (Å²) in [6, 6.07) is 19.2. The summed E-state index contributed by atoms with van der Waals surface area (Å²) in [5, 5.41) is 0. The van der Waals surface area contributed by atoms with Crippen LogP contribution in [0.1, 0.15) is 58.4 Å². The van der Waals surface area contributed by atoms with E-state index in [1.54, 1.807) is 41.6 Å². The number of nitrogens with zero attached hydrogens (tertiary/aromatic N) is 3. The number of aryl methyl sites for hydroxylation is 6. The van der Waals surface area contributed by atoms with E-state index in [9.17, 15) is 13.6 Å². The van der Waals surface area contributed by atoms with E-state index in [0.29, 0.717) is 11.3 Å². The first-order valence-corrected chi connectivity index (χ1v) is 21.9. The molecule has 1 heterocycles. The Labute approximate surface area is 309 Å². The third-order valence-electron chi connectivity index (χ3n) is 8.24. The van der Waals surface area contributed by atoms with Gasteiger partial charge in [0.25, 0.3) is 0 Å². The predicted octanol–water partition coefficient (Wildman–Crippen LogP) is 9.98. The average Bonchev–Trinajstić information content (AvgIpc) is 3.46. The molecule has 0 N–H and O–H groups in total. The van der Waals surface area contributed by atoms with Crippen LogP contribution in [-0.2, 0) is 29.6 Å². The molecule has 0 saturated carbocycles. The molecule has 1 saturated heterocycles. The topological polar surface area (TPSA) is 36.0 Å². The van der Waals surface area contributed by atoms with Gasteiger partial charge in [-0.15, -0.1) is 0 Å². The number of anilines is 3. The van der Waals surface area contributed by atoms with Gasteiger partial charge in [0, 0.05) is 24.5 Å². The molecule has 1 aliphatic rings. The second kappa shape index (κ2) is 17.8. The number of carbonyl (C=O) groups is 1. The van der Waals surface area contributed by atoms with Crippen LogP contribution < -0.4 is 14.7 Å². The van der Waals surface area contributed by atoms with Crippen LogP contribution in [0.15, 0.2) is 66.7 Å². The molecule has 0 amide bonds. The van der Waals surface area contributed by atoms with E-state index < -0.39 is 25.3 Å². The van der Waals surface area contributed by atoms with Crippen molar-refractivity contribution in [2.75, 3.05) is 34.3 Å². The molecule has 0 bridgehead atoms. The van der Waals surface area contributed by atoms with Crippen molar-refractivity contribution in [2.24, 2.45) is 0 Å². The Bertz CT molecular complexity index is 1740. The Hall–Kier alpha value is -3.32. The molecule has 1 aliphatic heterocycles. The largest absolute Gasteiger partial charge is 0.502 e. The van der Waals surface area contributed by atoms with Crippen molar-refractivity contribution in [2.45, 2.75) is 68.0 Å². The SMILES string of the molecule is CC(C)OC(=O)CN(Cc1ccc(F)cc1[CH]=[Ru]([Cl])[Cl])c1ccc(F)cc1.Cc1cc(C)c(N2[CH-]N(c3c(C)cc(C)cc3C)CC2)c(C)c1. The van der Waals surface area contributed by atoms with Crippen LogP contribution in [0.4, 0.5) is 25.8 Å². The van der Waals surface area contributed by atoms with Gasteiger partial charge in [-0.3, -0.25) is 0 Å². The van der Waals surface area contributed by atoms with Crippen LogP contribution >= 0.6 is 19.4 Å². The molecule has 0 unspecified atom stereocenters. The molecule has 10 heteroatoms. The number of rotatable bonds is 9. The molecule has 0 aromatic heterocycles. The molecule has 50 heavy (non-hydrogen) atoms. The maximum atomic E-state index is 13.6. The van der Waals surface area contributed by atoms with Crippen molar-refractivity contribution in [3.05, 3.63) is 130 Å². The van der Waals surface area contributed by atoms with E-state index in [2.05, 4.69) is 82.3 Å².